The smallest absolute Gasteiger partial charge is 0.217 e. The summed E-state index contributed by atoms with van der Waals surface area (Å²) in [4.78, 5) is 1.05. The molecule has 0 fully saturated rings. The van der Waals surface area contributed by atoms with E-state index in [0.717, 1.165) is 16.7 Å². The molecule has 5 nitrogen and oxygen atoms in total. The van der Waals surface area contributed by atoms with Gasteiger partial charge in [-0.25, -0.2) is 13.1 Å². The van der Waals surface area contributed by atoms with E-state index in [1.165, 1.54) is 5.56 Å². The van der Waals surface area contributed by atoms with Gasteiger partial charge in [0.25, 0.3) is 0 Å². The van der Waals surface area contributed by atoms with Crippen molar-refractivity contribution in [1.82, 2.24) is 9.88 Å². The molecule has 0 radical (unpaired) electrons. The fraction of sp³-hybridized carbons (Fsp3) is 0.267. The van der Waals surface area contributed by atoms with E-state index in [4.69, 9.17) is 4.52 Å². The molecule has 0 unspecified atom stereocenters. The van der Waals surface area contributed by atoms with Crippen LogP contribution in [-0.2, 0) is 28.7 Å². The summed E-state index contributed by atoms with van der Waals surface area (Å²) >= 11 is 1.56. The fourth-order valence-electron chi connectivity index (χ4n) is 2.29. The number of nitrogens with one attached hydrogen (secondary N) is 1. The average molecular weight is 336 g/mol. The molecule has 0 spiro atoms. The molecule has 0 saturated heterocycles. The number of thiophene rings is 1. The Balaban J connectivity index is 1.74. The molecule has 116 valence electrons. The highest BCUT2D eigenvalue weighted by molar-refractivity contribution is 7.88. The Morgan fingerprint density at radius 2 is 2.09 bits per heavy atom. The van der Waals surface area contributed by atoms with Crippen LogP contribution in [0, 0.1) is 0 Å². The molecular weight excluding hydrogens is 320 g/mol. The van der Waals surface area contributed by atoms with Gasteiger partial charge in [-0.15, -0.1) is 11.3 Å². The van der Waals surface area contributed by atoms with Gasteiger partial charge in [-0.3, -0.25) is 0 Å². The number of hydrogen-bond acceptors (Lipinski definition) is 5. The Kier molecular flexibility index (Phi) is 4.28. The van der Waals surface area contributed by atoms with Gasteiger partial charge in [0.05, 0.1) is 0 Å². The molecule has 2 heterocycles. The molecule has 0 atom stereocenters. The molecule has 0 amide bonds. The Morgan fingerprint density at radius 3 is 2.91 bits per heavy atom. The molecule has 2 aromatic heterocycles. The highest BCUT2D eigenvalue weighted by Crippen LogP contribution is 2.20. The molecule has 0 bridgehead atoms. The van der Waals surface area contributed by atoms with E-state index in [9.17, 15) is 8.42 Å². The zero-order chi connectivity index (χ0) is 15.6. The lowest BCUT2D eigenvalue weighted by molar-refractivity contribution is 0.448. The van der Waals surface area contributed by atoms with Gasteiger partial charge >= 0.3 is 0 Å². The van der Waals surface area contributed by atoms with Crippen LogP contribution >= 0.6 is 11.3 Å². The quantitative estimate of drug-likeness (QED) is 0.751. The third-order valence-electron chi connectivity index (χ3n) is 3.45. The topological polar surface area (TPSA) is 72.2 Å². The standard InChI is InChI=1S/C15H16N2O3S2/c1-2-11-7-8-21-15(11)9-16-22(18,19)10-13-12-5-3-4-6-14(12)20-17-13/h3-8,16H,2,9-10H2,1H3. The van der Waals surface area contributed by atoms with Crippen molar-refractivity contribution in [2.45, 2.75) is 25.6 Å². The lowest BCUT2D eigenvalue weighted by atomic mass is 10.2. The van der Waals surface area contributed by atoms with Crippen molar-refractivity contribution in [3.63, 3.8) is 0 Å². The summed E-state index contributed by atoms with van der Waals surface area (Å²) in [6.45, 7) is 2.38. The van der Waals surface area contributed by atoms with Gasteiger partial charge in [-0.1, -0.05) is 24.2 Å². The largest absolute Gasteiger partial charge is 0.356 e. The first-order valence-corrected chi connectivity index (χ1v) is 9.48. The Morgan fingerprint density at radius 1 is 1.27 bits per heavy atom. The van der Waals surface area contributed by atoms with Gasteiger partial charge < -0.3 is 4.52 Å². The zero-order valence-corrected chi connectivity index (χ0v) is 13.7. The molecule has 1 aromatic carbocycles. The van der Waals surface area contributed by atoms with Crippen molar-refractivity contribution in [3.05, 3.63) is 51.8 Å². The van der Waals surface area contributed by atoms with Crippen molar-refractivity contribution in [2.75, 3.05) is 0 Å². The monoisotopic (exact) mass is 336 g/mol. The molecule has 22 heavy (non-hydrogen) atoms. The predicted octanol–water partition coefficient (Wildman–Crippen LogP) is 3.07. The number of nitrogens with zero attached hydrogens (tertiary/aromatic N) is 1. The number of benzene rings is 1. The van der Waals surface area contributed by atoms with E-state index in [-0.39, 0.29) is 5.75 Å². The first-order valence-electron chi connectivity index (χ1n) is 6.95. The van der Waals surface area contributed by atoms with E-state index in [1.807, 2.05) is 29.6 Å². The summed E-state index contributed by atoms with van der Waals surface area (Å²) in [5, 5.41) is 6.58. The number of rotatable bonds is 6. The van der Waals surface area contributed by atoms with Crippen LogP contribution in [0.5, 0.6) is 0 Å². The maximum atomic E-state index is 12.2. The minimum Gasteiger partial charge on any atom is -0.356 e. The lowest BCUT2D eigenvalue weighted by Crippen LogP contribution is -2.24. The SMILES string of the molecule is CCc1ccsc1CNS(=O)(=O)Cc1noc2ccccc12. The molecule has 7 heteroatoms. The molecule has 3 aromatic rings. The Labute approximate surface area is 133 Å². The lowest BCUT2D eigenvalue weighted by Gasteiger charge is -2.05. The van der Waals surface area contributed by atoms with E-state index < -0.39 is 10.0 Å². The summed E-state index contributed by atoms with van der Waals surface area (Å²) in [7, 11) is -3.46. The van der Waals surface area contributed by atoms with Crippen LogP contribution < -0.4 is 4.72 Å². The molecule has 1 N–H and O–H groups in total. The molecule has 0 aliphatic heterocycles. The zero-order valence-electron chi connectivity index (χ0n) is 12.1. The number of sulfonamides is 1. The van der Waals surface area contributed by atoms with Crippen LogP contribution in [0.2, 0.25) is 0 Å². The van der Waals surface area contributed by atoms with Gasteiger partial charge in [-0.2, -0.15) is 0 Å². The summed E-state index contributed by atoms with van der Waals surface area (Å²) in [6, 6.07) is 9.27. The van der Waals surface area contributed by atoms with Crippen LogP contribution in [-0.4, -0.2) is 13.6 Å². The Bertz CT molecular complexity index is 881. The minimum atomic E-state index is -3.46. The van der Waals surface area contributed by atoms with E-state index in [2.05, 4.69) is 16.8 Å². The van der Waals surface area contributed by atoms with Crippen molar-refractivity contribution >= 4 is 32.3 Å². The number of para-hydroxylation sites is 1. The minimum absolute atomic E-state index is 0.184. The van der Waals surface area contributed by atoms with Crippen LogP contribution in [0.25, 0.3) is 11.0 Å². The summed E-state index contributed by atoms with van der Waals surface area (Å²) in [5.41, 5.74) is 2.21. The number of aromatic nitrogens is 1. The maximum Gasteiger partial charge on any atom is 0.217 e. The second kappa shape index (κ2) is 6.20. The van der Waals surface area contributed by atoms with Crippen LogP contribution in [0.4, 0.5) is 0 Å². The van der Waals surface area contributed by atoms with Gasteiger partial charge in [0.15, 0.2) is 5.58 Å². The predicted molar refractivity (Wildman–Crippen MR) is 87.2 cm³/mol. The van der Waals surface area contributed by atoms with E-state index in [0.29, 0.717) is 17.8 Å². The number of fused-ring (bicyclic) bond motifs is 1. The van der Waals surface area contributed by atoms with E-state index in [1.54, 1.807) is 17.4 Å². The van der Waals surface area contributed by atoms with Crippen LogP contribution in [0.15, 0.2) is 40.2 Å². The molecule has 3 rings (SSSR count). The summed E-state index contributed by atoms with van der Waals surface area (Å²) < 4.78 is 32.3. The van der Waals surface area contributed by atoms with Crippen molar-refractivity contribution < 1.29 is 12.9 Å². The van der Waals surface area contributed by atoms with Crippen LogP contribution in [0.1, 0.15) is 23.1 Å². The average Bonchev–Trinajstić information content (AvgIpc) is 3.12. The number of aryl methyl sites for hydroxylation is 1. The second-order valence-corrected chi connectivity index (χ2v) is 7.74. The molecule has 0 aliphatic carbocycles. The maximum absolute atomic E-state index is 12.2. The van der Waals surface area contributed by atoms with Gasteiger partial charge in [-0.05, 0) is 35.6 Å². The first kappa shape index (κ1) is 15.2. The van der Waals surface area contributed by atoms with E-state index >= 15 is 0 Å². The van der Waals surface area contributed by atoms with Crippen LogP contribution in [0.3, 0.4) is 0 Å². The normalized spacial score (nSPS) is 12.0. The molecule has 0 saturated carbocycles. The van der Waals surface area contributed by atoms with Gasteiger partial charge in [0, 0.05) is 16.8 Å². The summed E-state index contributed by atoms with van der Waals surface area (Å²) in [6.07, 6.45) is 0.897. The first-order chi connectivity index (χ1) is 10.6. The van der Waals surface area contributed by atoms with Gasteiger partial charge in [0.1, 0.15) is 11.4 Å². The Hall–Kier alpha value is -1.70. The highest BCUT2D eigenvalue weighted by Gasteiger charge is 2.17. The highest BCUT2D eigenvalue weighted by atomic mass is 32.2. The van der Waals surface area contributed by atoms with Gasteiger partial charge in [0.2, 0.25) is 10.0 Å². The molecular formula is C15H16N2O3S2. The van der Waals surface area contributed by atoms with Crippen molar-refractivity contribution in [1.29, 1.82) is 0 Å². The number of hydrogen-bond donors (Lipinski definition) is 1. The third kappa shape index (κ3) is 3.21. The van der Waals surface area contributed by atoms with Crippen molar-refractivity contribution in [2.24, 2.45) is 0 Å². The molecule has 0 aliphatic rings. The van der Waals surface area contributed by atoms with Crippen molar-refractivity contribution in [3.8, 4) is 0 Å². The second-order valence-electron chi connectivity index (χ2n) is 4.93. The fourth-order valence-corrected chi connectivity index (χ4v) is 4.33. The summed E-state index contributed by atoms with van der Waals surface area (Å²) in [5.74, 6) is -0.184. The third-order valence-corrected chi connectivity index (χ3v) is 5.65.